The van der Waals surface area contributed by atoms with E-state index in [0.717, 1.165) is 30.0 Å². The summed E-state index contributed by atoms with van der Waals surface area (Å²) in [6, 6.07) is 15.9. The second-order valence-electron chi connectivity index (χ2n) is 6.14. The molecule has 0 radical (unpaired) electrons. The third kappa shape index (κ3) is 5.02. The van der Waals surface area contributed by atoms with Crippen LogP contribution in [0.1, 0.15) is 12.0 Å². The fraction of sp³-hybridized carbons (Fsp3) is 0.286. The minimum Gasteiger partial charge on any atom is -0.486 e. The molecule has 1 aliphatic rings. The van der Waals surface area contributed by atoms with Gasteiger partial charge in [-0.15, -0.1) is 0 Å². The van der Waals surface area contributed by atoms with Crippen LogP contribution in [0, 0.1) is 0 Å². The van der Waals surface area contributed by atoms with E-state index in [1.807, 2.05) is 36.4 Å². The number of hydrogen-bond donors (Lipinski definition) is 1. The van der Waals surface area contributed by atoms with Crippen LogP contribution in [0.4, 0.5) is 5.69 Å². The molecule has 26 heavy (non-hydrogen) atoms. The average molecular weight is 352 g/mol. The minimum atomic E-state index is -0.0951. The van der Waals surface area contributed by atoms with Crippen molar-refractivity contribution in [2.24, 2.45) is 0 Å². The number of benzene rings is 2. The normalized spacial score (nSPS) is 12.8. The molecule has 0 aliphatic carbocycles. The molecule has 3 rings (SSSR count). The van der Waals surface area contributed by atoms with E-state index in [4.69, 9.17) is 9.47 Å². The molecule has 1 heterocycles. The summed E-state index contributed by atoms with van der Waals surface area (Å²) in [5, 5.41) is 2.91. The molecule has 0 saturated carbocycles. The summed E-state index contributed by atoms with van der Waals surface area (Å²) < 4.78 is 11.0. The number of anilines is 1. The molecular weight excluding hydrogens is 328 g/mol. The van der Waals surface area contributed by atoms with Gasteiger partial charge in [0.25, 0.3) is 0 Å². The highest BCUT2D eigenvalue weighted by atomic mass is 16.6. The van der Waals surface area contributed by atoms with E-state index in [9.17, 15) is 4.79 Å². The van der Waals surface area contributed by atoms with Crippen LogP contribution in [0.2, 0.25) is 0 Å². The van der Waals surface area contributed by atoms with Gasteiger partial charge in [0.1, 0.15) is 13.2 Å². The number of carbonyl (C=O) groups excluding carboxylic acids is 1. The molecule has 5 heteroatoms. The smallest absolute Gasteiger partial charge is 0.244 e. The molecule has 0 spiro atoms. The van der Waals surface area contributed by atoms with Crippen LogP contribution in [0.15, 0.2) is 54.6 Å². The Labute approximate surface area is 154 Å². The fourth-order valence-corrected chi connectivity index (χ4v) is 2.73. The minimum absolute atomic E-state index is 0.0951. The van der Waals surface area contributed by atoms with Crippen molar-refractivity contribution in [2.45, 2.75) is 6.42 Å². The van der Waals surface area contributed by atoms with Gasteiger partial charge in [-0.2, -0.15) is 0 Å². The van der Waals surface area contributed by atoms with Gasteiger partial charge in [-0.3, -0.25) is 4.79 Å². The summed E-state index contributed by atoms with van der Waals surface area (Å²) >= 11 is 0. The molecule has 2 aromatic rings. The summed E-state index contributed by atoms with van der Waals surface area (Å²) in [7, 11) is 2.05. The van der Waals surface area contributed by atoms with Gasteiger partial charge in [0.05, 0.1) is 0 Å². The van der Waals surface area contributed by atoms with Gasteiger partial charge in [0.2, 0.25) is 5.91 Å². The van der Waals surface area contributed by atoms with E-state index in [1.165, 1.54) is 5.69 Å². The van der Waals surface area contributed by atoms with Crippen LogP contribution < -0.4 is 19.7 Å². The van der Waals surface area contributed by atoms with Crippen molar-refractivity contribution >= 4 is 17.7 Å². The lowest BCUT2D eigenvalue weighted by Gasteiger charge is -2.19. The second kappa shape index (κ2) is 8.94. The number of nitrogens with zero attached hydrogens (tertiary/aromatic N) is 1. The molecule has 5 nitrogen and oxygen atoms in total. The lowest BCUT2D eigenvalue weighted by molar-refractivity contribution is -0.116. The molecule has 0 aromatic heterocycles. The number of ether oxygens (including phenoxy) is 2. The Morgan fingerprint density at radius 1 is 1.12 bits per heavy atom. The summed E-state index contributed by atoms with van der Waals surface area (Å²) in [5.74, 6) is 1.38. The third-order valence-corrected chi connectivity index (χ3v) is 4.16. The Balaban J connectivity index is 1.40. The van der Waals surface area contributed by atoms with Gasteiger partial charge < -0.3 is 19.7 Å². The molecule has 0 bridgehead atoms. The first kappa shape index (κ1) is 17.9. The SMILES string of the molecule is CN(CCCNC(=O)/C=C/c1ccc2c(c1)OCCO2)c1ccccc1. The fourth-order valence-electron chi connectivity index (χ4n) is 2.73. The number of hydrogen-bond acceptors (Lipinski definition) is 4. The van der Waals surface area contributed by atoms with Crippen molar-refractivity contribution < 1.29 is 14.3 Å². The summed E-state index contributed by atoms with van der Waals surface area (Å²) in [5.41, 5.74) is 2.09. The maximum Gasteiger partial charge on any atom is 0.244 e. The van der Waals surface area contributed by atoms with E-state index in [0.29, 0.717) is 19.8 Å². The molecule has 1 N–H and O–H groups in total. The lowest BCUT2D eigenvalue weighted by atomic mass is 10.2. The number of amides is 1. The van der Waals surface area contributed by atoms with Gasteiger partial charge in [0.15, 0.2) is 11.5 Å². The highest BCUT2D eigenvalue weighted by Crippen LogP contribution is 2.31. The van der Waals surface area contributed by atoms with Crippen LogP contribution >= 0.6 is 0 Å². The predicted octanol–water partition coefficient (Wildman–Crippen LogP) is 3.11. The number of carbonyl (C=O) groups is 1. The Kier molecular flexibility index (Phi) is 6.14. The van der Waals surface area contributed by atoms with E-state index in [2.05, 4.69) is 29.4 Å². The van der Waals surface area contributed by atoms with Crippen LogP contribution in [0.3, 0.4) is 0 Å². The van der Waals surface area contributed by atoms with Gasteiger partial charge in [-0.25, -0.2) is 0 Å². The Morgan fingerprint density at radius 2 is 1.88 bits per heavy atom. The van der Waals surface area contributed by atoms with Crippen molar-refractivity contribution in [1.82, 2.24) is 5.32 Å². The first-order chi connectivity index (χ1) is 12.7. The maximum atomic E-state index is 12.0. The molecule has 0 atom stereocenters. The van der Waals surface area contributed by atoms with E-state index < -0.39 is 0 Å². The van der Waals surface area contributed by atoms with Crippen molar-refractivity contribution in [3.8, 4) is 11.5 Å². The summed E-state index contributed by atoms with van der Waals surface area (Å²) in [4.78, 5) is 14.1. The number of para-hydroxylation sites is 1. The van der Waals surface area contributed by atoms with Crippen LogP contribution in [-0.2, 0) is 4.79 Å². The third-order valence-electron chi connectivity index (χ3n) is 4.16. The predicted molar refractivity (Wildman–Crippen MR) is 104 cm³/mol. The molecule has 1 aliphatic heterocycles. The summed E-state index contributed by atoms with van der Waals surface area (Å²) in [6.07, 6.45) is 4.21. The second-order valence-corrected chi connectivity index (χ2v) is 6.14. The Morgan fingerprint density at radius 3 is 2.69 bits per heavy atom. The van der Waals surface area contributed by atoms with E-state index in [-0.39, 0.29) is 5.91 Å². The molecular formula is C21H24N2O3. The topological polar surface area (TPSA) is 50.8 Å². The summed E-state index contributed by atoms with van der Waals surface area (Å²) in [6.45, 7) is 2.65. The average Bonchev–Trinajstić information content (AvgIpc) is 2.70. The Hall–Kier alpha value is -2.95. The molecule has 2 aromatic carbocycles. The van der Waals surface area contributed by atoms with Gasteiger partial charge in [-0.05, 0) is 42.3 Å². The molecule has 1 amide bonds. The Bertz CT molecular complexity index is 759. The lowest BCUT2D eigenvalue weighted by Crippen LogP contribution is -2.26. The van der Waals surface area contributed by atoms with Gasteiger partial charge >= 0.3 is 0 Å². The number of nitrogens with one attached hydrogen (secondary N) is 1. The zero-order chi connectivity index (χ0) is 18.2. The highest BCUT2D eigenvalue weighted by molar-refractivity contribution is 5.91. The van der Waals surface area contributed by atoms with Crippen LogP contribution in [-0.4, -0.2) is 39.3 Å². The monoisotopic (exact) mass is 352 g/mol. The van der Waals surface area contributed by atoms with Crippen molar-refractivity contribution in [3.05, 3.63) is 60.2 Å². The first-order valence-corrected chi connectivity index (χ1v) is 8.84. The van der Waals surface area contributed by atoms with Crippen molar-refractivity contribution in [3.63, 3.8) is 0 Å². The number of fused-ring (bicyclic) bond motifs is 1. The quantitative estimate of drug-likeness (QED) is 0.614. The largest absolute Gasteiger partial charge is 0.486 e. The zero-order valence-electron chi connectivity index (χ0n) is 15.0. The molecule has 0 saturated heterocycles. The van der Waals surface area contributed by atoms with Gasteiger partial charge in [0, 0.05) is 31.9 Å². The standard InChI is InChI=1S/C21H24N2O3/c1-23(18-6-3-2-4-7-18)13-5-12-22-21(24)11-9-17-8-10-19-20(16-17)26-15-14-25-19/h2-4,6-11,16H,5,12-15H2,1H3,(H,22,24)/b11-9+. The maximum absolute atomic E-state index is 12.0. The van der Waals surface area contributed by atoms with Crippen molar-refractivity contribution in [1.29, 1.82) is 0 Å². The number of rotatable bonds is 7. The van der Waals surface area contributed by atoms with Crippen molar-refractivity contribution in [2.75, 3.05) is 38.3 Å². The molecule has 0 fully saturated rings. The van der Waals surface area contributed by atoms with Crippen LogP contribution in [0.25, 0.3) is 6.08 Å². The first-order valence-electron chi connectivity index (χ1n) is 8.84. The molecule has 0 unspecified atom stereocenters. The highest BCUT2D eigenvalue weighted by Gasteiger charge is 2.10. The van der Waals surface area contributed by atoms with Gasteiger partial charge in [-0.1, -0.05) is 24.3 Å². The van der Waals surface area contributed by atoms with E-state index in [1.54, 1.807) is 12.2 Å². The zero-order valence-corrected chi connectivity index (χ0v) is 15.0. The molecule has 136 valence electrons. The van der Waals surface area contributed by atoms with E-state index >= 15 is 0 Å². The van der Waals surface area contributed by atoms with Crippen LogP contribution in [0.5, 0.6) is 11.5 Å².